The number of nitrogens with zero attached hydrogens (tertiary/aromatic N) is 1. The molecule has 1 atom stereocenters. The lowest BCUT2D eigenvalue weighted by molar-refractivity contribution is -0.155. The zero-order valence-electron chi connectivity index (χ0n) is 15.0. The van der Waals surface area contributed by atoms with Gasteiger partial charge in [-0.1, -0.05) is 27.2 Å². The van der Waals surface area contributed by atoms with Crippen molar-refractivity contribution in [3.8, 4) is 0 Å². The van der Waals surface area contributed by atoms with Crippen molar-refractivity contribution in [2.24, 2.45) is 11.3 Å². The number of morpholine rings is 1. The van der Waals surface area contributed by atoms with Gasteiger partial charge >= 0.3 is 5.97 Å². The van der Waals surface area contributed by atoms with Crippen LogP contribution in [0.2, 0.25) is 0 Å². The molecule has 0 aromatic rings. The minimum Gasteiger partial charge on any atom is -0.468 e. The summed E-state index contributed by atoms with van der Waals surface area (Å²) in [5.74, 6) is -2.05. The van der Waals surface area contributed by atoms with E-state index in [1.165, 1.54) is 7.11 Å². The van der Waals surface area contributed by atoms with Gasteiger partial charge in [0.15, 0.2) is 11.6 Å². The summed E-state index contributed by atoms with van der Waals surface area (Å²) < 4.78 is 10.2. The Labute approximate surface area is 143 Å². The highest BCUT2D eigenvalue weighted by Crippen LogP contribution is 2.41. The van der Waals surface area contributed by atoms with Crippen molar-refractivity contribution in [3.63, 3.8) is 0 Å². The summed E-state index contributed by atoms with van der Waals surface area (Å²) in [4.78, 5) is 40.1. The van der Waals surface area contributed by atoms with Gasteiger partial charge in [0.05, 0.1) is 25.9 Å². The molecule has 6 heteroatoms. The van der Waals surface area contributed by atoms with Crippen molar-refractivity contribution in [2.75, 3.05) is 33.4 Å². The van der Waals surface area contributed by atoms with Crippen molar-refractivity contribution in [1.82, 2.24) is 4.90 Å². The summed E-state index contributed by atoms with van der Waals surface area (Å²) in [6.45, 7) is 8.03. The van der Waals surface area contributed by atoms with Gasteiger partial charge < -0.3 is 14.4 Å². The molecule has 6 nitrogen and oxygen atoms in total. The maximum absolute atomic E-state index is 13.1. The van der Waals surface area contributed by atoms with Gasteiger partial charge in [0.2, 0.25) is 0 Å². The highest BCUT2D eigenvalue weighted by atomic mass is 16.5. The Kier molecular flexibility index (Phi) is 5.80. The first-order valence-corrected chi connectivity index (χ1v) is 8.54. The number of ether oxygens (including phenoxy) is 2. The van der Waals surface area contributed by atoms with Crippen LogP contribution in [0.25, 0.3) is 0 Å². The number of methoxy groups -OCH3 is 1. The number of carbonyl (C=O) groups excluding carboxylic acids is 3. The Morgan fingerprint density at radius 3 is 2.46 bits per heavy atom. The standard InChI is InChI=1S/C18H27NO5/c1-5-6-12(19-7-9-24-10-8-19)14-13(20)11-18(2,3)15(16(14)21)17(22)23-4/h15H,5-11H2,1-4H3/b14-12+. The number of ketones is 2. The van der Waals surface area contributed by atoms with Crippen molar-refractivity contribution in [3.05, 3.63) is 11.3 Å². The topological polar surface area (TPSA) is 72.9 Å². The molecule has 1 unspecified atom stereocenters. The zero-order valence-corrected chi connectivity index (χ0v) is 15.0. The lowest BCUT2D eigenvalue weighted by Crippen LogP contribution is -2.48. The molecule has 0 aromatic carbocycles. The van der Waals surface area contributed by atoms with Crippen LogP contribution in [0, 0.1) is 11.3 Å². The summed E-state index contributed by atoms with van der Waals surface area (Å²) in [5, 5.41) is 0. The average Bonchev–Trinajstić information content (AvgIpc) is 2.53. The molecular formula is C18H27NO5. The normalized spacial score (nSPS) is 26.3. The van der Waals surface area contributed by atoms with Crippen LogP contribution in [0.3, 0.4) is 0 Å². The quantitative estimate of drug-likeness (QED) is 0.337. The van der Waals surface area contributed by atoms with Crippen LogP contribution in [-0.4, -0.2) is 55.8 Å². The third kappa shape index (κ3) is 3.53. The molecule has 0 bridgehead atoms. The van der Waals surface area contributed by atoms with Crippen molar-refractivity contribution in [2.45, 2.75) is 40.0 Å². The Morgan fingerprint density at radius 1 is 1.29 bits per heavy atom. The van der Waals surface area contributed by atoms with Gasteiger partial charge in [0.1, 0.15) is 5.92 Å². The minimum absolute atomic E-state index is 0.167. The van der Waals surface area contributed by atoms with Crippen molar-refractivity contribution in [1.29, 1.82) is 0 Å². The highest BCUT2D eigenvalue weighted by molar-refractivity contribution is 6.27. The van der Waals surface area contributed by atoms with E-state index >= 15 is 0 Å². The van der Waals surface area contributed by atoms with E-state index in [1.807, 2.05) is 6.92 Å². The summed E-state index contributed by atoms with van der Waals surface area (Å²) >= 11 is 0. The van der Waals surface area contributed by atoms with E-state index in [2.05, 4.69) is 4.90 Å². The van der Waals surface area contributed by atoms with Crippen LogP contribution < -0.4 is 0 Å². The van der Waals surface area contributed by atoms with E-state index in [4.69, 9.17) is 9.47 Å². The molecular weight excluding hydrogens is 310 g/mol. The predicted octanol–water partition coefficient (Wildman–Crippen LogP) is 1.73. The lowest BCUT2D eigenvalue weighted by Gasteiger charge is -2.38. The molecule has 0 radical (unpaired) electrons. The van der Waals surface area contributed by atoms with Crippen LogP contribution in [0.15, 0.2) is 11.3 Å². The van der Waals surface area contributed by atoms with Gasteiger partial charge in [-0.25, -0.2) is 0 Å². The van der Waals surface area contributed by atoms with E-state index in [0.29, 0.717) is 32.7 Å². The van der Waals surface area contributed by atoms with Gasteiger partial charge in [0.25, 0.3) is 0 Å². The Bertz CT molecular complexity index is 558. The molecule has 1 saturated heterocycles. The van der Waals surface area contributed by atoms with E-state index < -0.39 is 23.1 Å². The van der Waals surface area contributed by atoms with Crippen LogP contribution in [0.1, 0.15) is 40.0 Å². The molecule has 2 fully saturated rings. The van der Waals surface area contributed by atoms with Crippen molar-refractivity contribution < 1.29 is 23.9 Å². The molecule has 1 saturated carbocycles. The third-order valence-electron chi connectivity index (χ3n) is 4.79. The molecule has 2 aliphatic rings. The fourth-order valence-electron chi connectivity index (χ4n) is 3.60. The molecule has 0 spiro atoms. The molecule has 2 rings (SSSR count). The smallest absolute Gasteiger partial charge is 0.317 e. The van der Waals surface area contributed by atoms with E-state index in [-0.39, 0.29) is 17.8 Å². The summed E-state index contributed by atoms with van der Waals surface area (Å²) in [6.07, 6.45) is 1.63. The molecule has 1 heterocycles. The first-order chi connectivity index (χ1) is 11.3. The lowest BCUT2D eigenvalue weighted by atomic mass is 9.65. The summed E-state index contributed by atoms with van der Waals surface area (Å²) in [7, 11) is 1.28. The number of Topliss-reactive ketones (excluding diaryl/α,β-unsaturated/α-hetero) is 2. The number of rotatable bonds is 4. The number of hydrogen-bond acceptors (Lipinski definition) is 6. The van der Waals surface area contributed by atoms with E-state index in [1.54, 1.807) is 13.8 Å². The van der Waals surface area contributed by atoms with Gasteiger partial charge in [-0.2, -0.15) is 0 Å². The molecule has 0 amide bonds. The van der Waals surface area contributed by atoms with Crippen LogP contribution >= 0.6 is 0 Å². The Balaban J connectivity index is 2.48. The fraction of sp³-hybridized carbons (Fsp3) is 0.722. The minimum atomic E-state index is -0.928. The number of hydrogen-bond donors (Lipinski definition) is 0. The third-order valence-corrected chi connectivity index (χ3v) is 4.79. The van der Waals surface area contributed by atoms with Gasteiger partial charge in [-0.05, 0) is 11.8 Å². The summed E-state index contributed by atoms with van der Waals surface area (Å²) in [6, 6.07) is 0. The molecule has 134 valence electrons. The van der Waals surface area contributed by atoms with Gasteiger partial charge in [-0.15, -0.1) is 0 Å². The largest absolute Gasteiger partial charge is 0.468 e. The molecule has 1 aliphatic carbocycles. The monoisotopic (exact) mass is 337 g/mol. The van der Waals surface area contributed by atoms with E-state index in [9.17, 15) is 14.4 Å². The molecule has 0 N–H and O–H groups in total. The maximum atomic E-state index is 13.1. The van der Waals surface area contributed by atoms with Crippen LogP contribution in [0.5, 0.6) is 0 Å². The molecule has 24 heavy (non-hydrogen) atoms. The second-order valence-corrected chi connectivity index (χ2v) is 7.08. The van der Waals surface area contributed by atoms with Crippen LogP contribution in [0.4, 0.5) is 0 Å². The zero-order chi connectivity index (χ0) is 17.9. The summed E-state index contributed by atoms with van der Waals surface area (Å²) in [5.41, 5.74) is 0.237. The first kappa shape index (κ1) is 18.6. The van der Waals surface area contributed by atoms with Crippen LogP contribution in [-0.2, 0) is 23.9 Å². The average molecular weight is 337 g/mol. The molecule has 0 aromatic heterocycles. The van der Waals surface area contributed by atoms with E-state index in [0.717, 1.165) is 12.1 Å². The highest BCUT2D eigenvalue weighted by Gasteiger charge is 2.50. The van der Waals surface area contributed by atoms with Crippen molar-refractivity contribution >= 4 is 17.5 Å². The number of carbonyl (C=O) groups is 3. The Hall–Kier alpha value is -1.69. The SMILES string of the molecule is CCC/C(=C1/C(=O)CC(C)(C)C(C(=O)OC)C1=O)N1CCOCC1. The maximum Gasteiger partial charge on any atom is 0.317 e. The second kappa shape index (κ2) is 7.47. The van der Waals surface area contributed by atoms with Gasteiger partial charge in [0, 0.05) is 25.2 Å². The second-order valence-electron chi connectivity index (χ2n) is 7.08. The fourth-order valence-corrected chi connectivity index (χ4v) is 3.60. The Morgan fingerprint density at radius 2 is 1.92 bits per heavy atom. The number of allylic oxidation sites excluding steroid dienone is 2. The first-order valence-electron chi connectivity index (χ1n) is 8.54. The van der Waals surface area contributed by atoms with Gasteiger partial charge in [-0.3, -0.25) is 14.4 Å². The number of esters is 1. The predicted molar refractivity (Wildman–Crippen MR) is 88.2 cm³/mol. The molecule has 1 aliphatic heterocycles.